The molecule has 1 N–H and O–H groups in total. The highest BCUT2D eigenvalue weighted by Crippen LogP contribution is 2.32. The van der Waals surface area contributed by atoms with E-state index in [4.69, 9.17) is 4.74 Å². The number of likely N-dealkylation sites (tertiary alicyclic amines) is 1. The Morgan fingerprint density at radius 2 is 1.77 bits per heavy atom. The van der Waals surface area contributed by atoms with Crippen LogP contribution in [0.15, 0.2) is 54.6 Å². The Morgan fingerprint density at radius 1 is 1.08 bits per heavy atom. The van der Waals surface area contributed by atoms with Crippen LogP contribution in [0.2, 0.25) is 0 Å². The fourth-order valence-corrected chi connectivity index (χ4v) is 3.29. The van der Waals surface area contributed by atoms with Gasteiger partial charge in [0.2, 0.25) is 5.91 Å². The first kappa shape index (κ1) is 18.1. The number of β-amino-alcohol motifs (C(OH)–C–C–N with tert-alkyl or cyclic N) is 1. The Labute approximate surface area is 153 Å². The number of ether oxygens (including phenoxy) is 1. The van der Waals surface area contributed by atoms with Crippen LogP contribution < -0.4 is 4.74 Å². The predicted molar refractivity (Wildman–Crippen MR) is 98.1 cm³/mol. The molecule has 1 amide bonds. The van der Waals surface area contributed by atoms with Gasteiger partial charge in [-0.2, -0.15) is 0 Å². The van der Waals surface area contributed by atoms with Crippen LogP contribution in [0.4, 0.5) is 0 Å². The molecule has 1 aliphatic rings. The van der Waals surface area contributed by atoms with E-state index in [1.165, 1.54) is 0 Å². The fourth-order valence-electron chi connectivity index (χ4n) is 3.29. The maximum atomic E-state index is 12.4. The first-order valence-electron chi connectivity index (χ1n) is 8.75. The number of rotatable bonds is 6. The molecule has 0 radical (unpaired) electrons. The highest BCUT2D eigenvalue weighted by atomic mass is 16.5. The average molecular weight is 353 g/mol. The molecule has 0 aliphatic carbocycles. The van der Waals surface area contributed by atoms with Gasteiger partial charge in [-0.05, 0) is 36.2 Å². The molecular formula is C21H23NO4. The van der Waals surface area contributed by atoms with Crippen molar-refractivity contribution >= 4 is 11.7 Å². The summed E-state index contributed by atoms with van der Waals surface area (Å²) in [5, 5.41) is 10.8. The minimum Gasteiger partial charge on any atom is -0.497 e. The van der Waals surface area contributed by atoms with Crippen LogP contribution in [0.25, 0.3) is 0 Å². The van der Waals surface area contributed by atoms with Crippen LogP contribution in [0, 0.1) is 0 Å². The highest BCUT2D eigenvalue weighted by Gasteiger charge is 2.39. The van der Waals surface area contributed by atoms with Crippen molar-refractivity contribution in [3.8, 4) is 5.75 Å². The second-order valence-corrected chi connectivity index (χ2v) is 6.61. The molecule has 0 aromatic heterocycles. The zero-order valence-corrected chi connectivity index (χ0v) is 14.9. The molecule has 1 fully saturated rings. The van der Waals surface area contributed by atoms with E-state index in [1.54, 1.807) is 36.3 Å². The van der Waals surface area contributed by atoms with Crippen molar-refractivity contribution < 1.29 is 19.4 Å². The monoisotopic (exact) mass is 353 g/mol. The van der Waals surface area contributed by atoms with Gasteiger partial charge in [0.25, 0.3) is 0 Å². The van der Waals surface area contributed by atoms with Crippen molar-refractivity contribution in [2.45, 2.75) is 24.9 Å². The van der Waals surface area contributed by atoms with Gasteiger partial charge in [0.15, 0.2) is 5.78 Å². The minimum absolute atomic E-state index is 0.0708. The molecule has 1 saturated heterocycles. The van der Waals surface area contributed by atoms with Crippen LogP contribution in [0.3, 0.4) is 0 Å². The van der Waals surface area contributed by atoms with Gasteiger partial charge < -0.3 is 14.7 Å². The van der Waals surface area contributed by atoms with Gasteiger partial charge in [0.1, 0.15) is 11.4 Å². The number of carbonyl (C=O) groups is 2. The van der Waals surface area contributed by atoms with E-state index in [0.29, 0.717) is 24.3 Å². The summed E-state index contributed by atoms with van der Waals surface area (Å²) >= 11 is 0. The molecule has 5 nitrogen and oxygen atoms in total. The van der Waals surface area contributed by atoms with Gasteiger partial charge in [0, 0.05) is 24.9 Å². The van der Waals surface area contributed by atoms with Crippen molar-refractivity contribution in [2.75, 3.05) is 20.2 Å². The lowest BCUT2D eigenvalue weighted by atomic mass is 9.93. The third-order valence-electron chi connectivity index (χ3n) is 4.89. The van der Waals surface area contributed by atoms with Crippen LogP contribution in [-0.2, 0) is 10.4 Å². The number of carbonyl (C=O) groups excluding carboxylic acids is 2. The molecule has 0 saturated carbocycles. The van der Waals surface area contributed by atoms with Gasteiger partial charge in [-0.1, -0.05) is 30.3 Å². The number of ketones is 1. The Kier molecular flexibility index (Phi) is 5.38. The van der Waals surface area contributed by atoms with E-state index >= 15 is 0 Å². The zero-order valence-electron chi connectivity index (χ0n) is 14.9. The summed E-state index contributed by atoms with van der Waals surface area (Å²) < 4.78 is 5.07. The van der Waals surface area contributed by atoms with Crippen molar-refractivity contribution in [3.05, 3.63) is 65.7 Å². The average Bonchev–Trinajstić information content (AvgIpc) is 3.10. The Balaban J connectivity index is 1.55. The Hall–Kier alpha value is -2.66. The van der Waals surface area contributed by atoms with E-state index < -0.39 is 5.60 Å². The van der Waals surface area contributed by atoms with Crippen LogP contribution >= 0.6 is 0 Å². The molecule has 2 aromatic rings. The lowest BCUT2D eigenvalue weighted by Gasteiger charge is -2.24. The standard InChI is InChI=1S/C21H23NO4/c1-26-18-9-7-16(8-10-18)19(23)11-12-20(24)22-14-13-21(25,15-22)17-5-3-2-4-6-17/h2-10,25H,11-15H2,1H3/t21-/m0/s1. The van der Waals surface area contributed by atoms with Crippen LogP contribution in [0.5, 0.6) is 5.75 Å². The van der Waals surface area contributed by atoms with E-state index in [1.807, 2.05) is 30.3 Å². The lowest BCUT2D eigenvalue weighted by molar-refractivity contribution is -0.131. The van der Waals surface area contributed by atoms with Crippen molar-refractivity contribution in [1.82, 2.24) is 4.90 Å². The van der Waals surface area contributed by atoms with E-state index in [-0.39, 0.29) is 31.1 Å². The third-order valence-corrected chi connectivity index (χ3v) is 4.89. The van der Waals surface area contributed by atoms with Crippen molar-refractivity contribution in [1.29, 1.82) is 0 Å². The number of nitrogens with zero attached hydrogens (tertiary/aromatic N) is 1. The summed E-state index contributed by atoms with van der Waals surface area (Å²) in [4.78, 5) is 26.3. The first-order chi connectivity index (χ1) is 12.5. The van der Waals surface area contributed by atoms with Crippen LogP contribution in [-0.4, -0.2) is 41.9 Å². The molecule has 0 bridgehead atoms. The maximum absolute atomic E-state index is 12.4. The topological polar surface area (TPSA) is 66.8 Å². The smallest absolute Gasteiger partial charge is 0.223 e. The van der Waals surface area contributed by atoms with Gasteiger partial charge in [-0.15, -0.1) is 0 Å². The normalized spacial score (nSPS) is 19.4. The van der Waals surface area contributed by atoms with E-state index in [9.17, 15) is 14.7 Å². The quantitative estimate of drug-likeness (QED) is 0.811. The molecule has 136 valence electrons. The molecule has 26 heavy (non-hydrogen) atoms. The van der Waals surface area contributed by atoms with Gasteiger partial charge in [-0.3, -0.25) is 9.59 Å². The van der Waals surface area contributed by atoms with E-state index in [0.717, 1.165) is 5.56 Å². The number of benzene rings is 2. The SMILES string of the molecule is COc1ccc(C(=O)CCC(=O)N2CC[C@@](O)(c3ccccc3)C2)cc1. The largest absolute Gasteiger partial charge is 0.497 e. The number of hydrogen-bond acceptors (Lipinski definition) is 4. The summed E-state index contributed by atoms with van der Waals surface area (Å²) in [6.07, 6.45) is 0.816. The predicted octanol–water partition coefficient (Wildman–Crippen LogP) is 2.78. The molecule has 2 aromatic carbocycles. The number of aliphatic hydroxyl groups is 1. The second-order valence-electron chi connectivity index (χ2n) is 6.61. The summed E-state index contributed by atoms with van der Waals surface area (Å²) in [5.41, 5.74) is 0.391. The molecule has 5 heteroatoms. The molecule has 1 heterocycles. The molecule has 0 unspecified atom stereocenters. The number of amides is 1. The zero-order chi connectivity index (χ0) is 18.6. The van der Waals surface area contributed by atoms with Gasteiger partial charge in [-0.25, -0.2) is 0 Å². The Bertz CT molecular complexity index is 772. The lowest BCUT2D eigenvalue weighted by Crippen LogP contribution is -2.34. The molecule has 3 rings (SSSR count). The number of methoxy groups -OCH3 is 1. The summed E-state index contributed by atoms with van der Waals surface area (Å²) in [6, 6.07) is 16.3. The molecule has 1 aliphatic heterocycles. The summed E-state index contributed by atoms with van der Waals surface area (Å²) in [6.45, 7) is 0.771. The molecular weight excluding hydrogens is 330 g/mol. The highest BCUT2D eigenvalue weighted by molar-refractivity contribution is 5.98. The number of Topliss-reactive ketones (excluding diaryl/α,β-unsaturated/α-hetero) is 1. The van der Waals surface area contributed by atoms with Gasteiger partial charge >= 0.3 is 0 Å². The molecule has 1 atom stereocenters. The number of hydrogen-bond donors (Lipinski definition) is 1. The second kappa shape index (κ2) is 7.70. The maximum Gasteiger partial charge on any atom is 0.223 e. The van der Waals surface area contributed by atoms with Gasteiger partial charge in [0.05, 0.1) is 13.7 Å². The molecule has 0 spiro atoms. The van der Waals surface area contributed by atoms with E-state index in [2.05, 4.69) is 0 Å². The van der Waals surface area contributed by atoms with Crippen molar-refractivity contribution in [2.24, 2.45) is 0 Å². The first-order valence-corrected chi connectivity index (χ1v) is 8.75. The summed E-state index contributed by atoms with van der Waals surface area (Å²) in [7, 11) is 1.57. The van der Waals surface area contributed by atoms with Crippen LogP contribution in [0.1, 0.15) is 35.2 Å². The third kappa shape index (κ3) is 3.94. The Morgan fingerprint density at radius 3 is 2.42 bits per heavy atom. The minimum atomic E-state index is -1.00. The van der Waals surface area contributed by atoms with Crippen molar-refractivity contribution in [3.63, 3.8) is 0 Å². The fraction of sp³-hybridized carbons (Fsp3) is 0.333. The summed E-state index contributed by atoms with van der Waals surface area (Å²) in [5.74, 6) is 0.520.